The van der Waals surface area contributed by atoms with Crippen LogP contribution in [0.15, 0.2) is 87.7 Å². The van der Waals surface area contributed by atoms with Gasteiger partial charge in [-0.3, -0.25) is 15.5 Å². The van der Waals surface area contributed by atoms with Gasteiger partial charge in [0.25, 0.3) is 5.69 Å². The maximum atomic E-state index is 11.4. The van der Waals surface area contributed by atoms with E-state index in [1.807, 2.05) is 42.5 Å². The Balaban J connectivity index is 1.78. The van der Waals surface area contributed by atoms with E-state index in [1.165, 1.54) is 17.8 Å². The summed E-state index contributed by atoms with van der Waals surface area (Å²) < 4.78 is 0. The molecule has 0 spiro atoms. The third kappa shape index (κ3) is 4.84. The summed E-state index contributed by atoms with van der Waals surface area (Å²) in [6.45, 7) is 0. The molecule has 0 atom stereocenters. The molecule has 0 heterocycles. The number of benzene rings is 3. The van der Waals surface area contributed by atoms with Crippen LogP contribution in [0, 0.1) is 10.1 Å². The molecule has 130 valence electrons. The van der Waals surface area contributed by atoms with Gasteiger partial charge in [0.15, 0.2) is 0 Å². The van der Waals surface area contributed by atoms with Crippen LogP contribution in [0.4, 0.5) is 11.4 Å². The Morgan fingerprint density at radius 1 is 1.04 bits per heavy atom. The van der Waals surface area contributed by atoms with Crippen molar-refractivity contribution in [1.82, 2.24) is 0 Å². The lowest BCUT2D eigenvalue weighted by Gasteiger charge is -2.04. The lowest BCUT2D eigenvalue weighted by Crippen LogP contribution is -1.95. The lowest BCUT2D eigenvalue weighted by atomic mass is 10.2. The van der Waals surface area contributed by atoms with Gasteiger partial charge in [0.1, 0.15) is 0 Å². The molecule has 0 aliphatic carbocycles. The number of hydrazone groups is 1. The molecule has 0 saturated carbocycles. The van der Waals surface area contributed by atoms with E-state index >= 15 is 0 Å². The predicted molar refractivity (Wildman–Crippen MR) is 106 cm³/mol. The van der Waals surface area contributed by atoms with Gasteiger partial charge in [-0.25, -0.2) is 0 Å². The van der Waals surface area contributed by atoms with Crippen LogP contribution in [0.2, 0.25) is 5.02 Å². The van der Waals surface area contributed by atoms with Crippen molar-refractivity contribution < 1.29 is 4.92 Å². The highest BCUT2D eigenvalue weighted by Gasteiger charge is 2.15. The number of rotatable bonds is 6. The van der Waals surface area contributed by atoms with E-state index in [9.17, 15) is 10.1 Å². The van der Waals surface area contributed by atoms with Crippen molar-refractivity contribution in [2.24, 2.45) is 5.10 Å². The molecule has 26 heavy (non-hydrogen) atoms. The molecule has 0 aliphatic heterocycles. The minimum atomic E-state index is -0.389. The number of hydrogen-bond donors (Lipinski definition) is 1. The summed E-state index contributed by atoms with van der Waals surface area (Å²) in [6.07, 6.45) is 1.55. The molecule has 3 aromatic rings. The fourth-order valence-corrected chi connectivity index (χ4v) is 3.19. The van der Waals surface area contributed by atoms with Crippen LogP contribution in [0.5, 0.6) is 0 Å². The van der Waals surface area contributed by atoms with Crippen molar-refractivity contribution in [1.29, 1.82) is 0 Å². The number of para-hydroxylation sites is 1. The average molecular weight is 384 g/mol. The van der Waals surface area contributed by atoms with Gasteiger partial charge in [0.05, 0.1) is 21.7 Å². The molecule has 3 rings (SSSR count). The van der Waals surface area contributed by atoms with Crippen molar-refractivity contribution in [3.63, 3.8) is 0 Å². The number of hydrogen-bond acceptors (Lipinski definition) is 5. The Morgan fingerprint density at radius 3 is 2.46 bits per heavy atom. The molecule has 0 aromatic heterocycles. The Hall–Kier alpha value is -2.83. The molecule has 0 saturated heterocycles. The van der Waals surface area contributed by atoms with E-state index in [0.29, 0.717) is 15.5 Å². The molecule has 1 N–H and O–H groups in total. The highest BCUT2D eigenvalue weighted by molar-refractivity contribution is 7.99. The Labute approximate surface area is 159 Å². The van der Waals surface area contributed by atoms with E-state index < -0.39 is 0 Å². The van der Waals surface area contributed by atoms with Gasteiger partial charge < -0.3 is 0 Å². The van der Waals surface area contributed by atoms with E-state index in [4.69, 9.17) is 11.6 Å². The molecule has 0 unspecified atom stereocenters. The Morgan fingerprint density at radius 2 is 1.77 bits per heavy atom. The van der Waals surface area contributed by atoms with E-state index in [0.717, 1.165) is 10.6 Å². The monoisotopic (exact) mass is 383 g/mol. The minimum absolute atomic E-state index is 0.0358. The zero-order valence-corrected chi connectivity index (χ0v) is 15.1. The normalized spacial score (nSPS) is 10.8. The zero-order valence-electron chi connectivity index (χ0n) is 13.5. The zero-order chi connectivity index (χ0) is 18.4. The topological polar surface area (TPSA) is 67.5 Å². The van der Waals surface area contributed by atoms with Crippen molar-refractivity contribution in [3.8, 4) is 0 Å². The molecular weight excluding hydrogens is 370 g/mol. The van der Waals surface area contributed by atoms with Crippen molar-refractivity contribution >= 4 is 41.0 Å². The summed E-state index contributed by atoms with van der Waals surface area (Å²) in [5.74, 6) is 0. The molecule has 3 aromatic carbocycles. The second-order valence-electron chi connectivity index (χ2n) is 5.28. The average Bonchev–Trinajstić information content (AvgIpc) is 2.65. The molecule has 0 bridgehead atoms. The fraction of sp³-hybridized carbons (Fsp3) is 0. The second kappa shape index (κ2) is 8.51. The van der Waals surface area contributed by atoms with Crippen LogP contribution >= 0.6 is 23.4 Å². The molecular formula is C19H14ClN3O2S. The van der Waals surface area contributed by atoms with Gasteiger partial charge in [-0.2, -0.15) is 5.10 Å². The fourth-order valence-electron chi connectivity index (χ4n) is 2.17. The first-order chi connectivity index (χ1) is 12.6. The van der Waals surface area contributed by atoms with Crippen molar-refractivity contribution in [2.45, 2.75) is 9.79 Å². The van der Waals surface area contributed by atoms with Crippen LogP contribution in [0.3, 0.4) is 0 Å². The van der Waals surface area contributed by atoms with E-state index in [1.54, 1.807) is 30.5 Å². The summed E-state index contributed by atoms with van der Waals surface area (Å²) >= 11 is 7.19. The second-order valence-corrected chi connectivity index (χ2v) is 6.83. The number of nitro groups is 1. The van der Waals surface area contributed by atoms with Gasteiger partial charge in [-0.05, 0) is 42.5 Å². The number of halogens is 1. The Kier molecular flexibility index (Phi) is 5.88. The van der Waals surface area contributed by atoms with Crippen LogP contribution in [0.1, 0.15) is 5.56 Å². The van der Waals surface area contributed by atoms with Gasteiger partial charge in [0, 0.05) is 21.5 Å². The van der Waals surface area contributed by atoms with Gasteiger partial charge in [-0.1, -0.05) is 47.6 Å². The molecule has 0 aliphatic rings. The minimum Gasteiger partial charge on any atom is -0.279 e. The SMILES string of the molecule is O=[N+]([O-])c1cc(/C=N\Nc2ccccc2)ccc1Sc1ccc(Cl)cc1. The molecule has 0 fully saturated rings. The van der Waals surface area contributed by atoms with Gasteiger partial charge >= 0.3 is 0 Å². The smallest absolute Gasteiger partial charge is 0.279 e. The van der Waals surface area contributed by atoms with Crippen LogP contribution in [-0.4, -0.2) is 11.1 Å². The summed E-state index contributed by atoms with van der Waals surface area (Å²) in [6, 6.07) is 21.7. The summed E-state index contributed by atoms with van der Waals surface area (Å²) in [5.41, 5.74) is 4.40. The summed E-state index contributed by atoms with van der Waals surface area (Å²) in [5, 5.41) is 16.2. The first-order valence-corrected chi connectivity index (χ1v) is 8.87. The first-order valence-electron chi connectivity index (χ1n) is 7.68. The largest absolute Gasteiger partial charge is 0.283 e. The Bertz CT molecular complexity index is 931. The third-order valence-electron chi connectivity index (χ3n) is 3.40. The van der Waals surface area contributed by atoms with Crippen LogP contribution in [-0.2, 0) is 0 Å². The first kappa shape index (κ1) is 18.0. The predicted octanol–water partition coefficient (Wildman–Crippen LogP) is 5.85. The molecule has 7 heteroatoms. The number of anilines is 1. The summed E-state index contributed by atoms with van der Waals surface area (Å²) in [4.78, 5) is 12.5. The number of nitrogens with one attached hydrogen (secondary N) is 1. The quantitative estimate of drug-likeness (QED) is 0.329. The van der Waals surface area contributed by atoms with Crippen LogP contribution < -0.4 is 5.43 Å². The standard InChI is InChI=1S/C19H14ClN3O2S/c20-15-7-9-17(10-8-15)26-19-11-6-14(12-18(19)23(24)25)13-21-22-16-4-2-1-3-5-16/h1-13,22H/b21-13-. The maximum absolute atomic E-state index is 11.4. The van der Waals surface area contributed by atoms with Crippen LogP contribution in [0.25, 0.3) is 0 Å². The molecule has 5 nitrogen and oxygen atoms in total. The van der Waals surface area contributed by atoms with Gasteiger partial charge in [0.2, 0.25) is 0 Å². The highest BCUT2D eigenvalue weighted by Crippen LogP contribution is 2.35. The van der Waals surface area contributed by atoms with Crippen molar-refractivity contribution in [3.05, 3.63) is 93.5 Å². The number of nitro benzene ring substituents is 1. The van der Waals surface area contributed by atoms with E-state index in [-0.39, 0.29) is 10.6 Å². The highest BCUT2D eigenvalue weighted by atomic mass is 35.5. The lowest BCUT2D eigenvalue weighted by molar-refractivity contribution is -0.387. The van der Waals surface area contributed by atoms with Gasteiger partial charge in [-0.15, -0.1) is 0 Å². The molecule has 0 amide bonds. The summed E-state index contributed by atoms with van der Waals surface area (Å²) in [7, 11) is 0. The number of nitrogens with zero attached hydrogens (tertiary/aromatic N) is 2. The molecule has 0 radical (unpaired) electrons. The van der Waals surface area contributed by atoms with Crippen molar-refractivity contribution in [2.75, 3.05) is 5.43 Å². The third-order valence-corrected chi connectivity index (χ3v) is 4.73. The van der Waals surface area contributed by atoms with E-state index in [2.05, 4.69) is 10.5 Å². The maximum Gasteiger partial charge on any atom is 0.283 e.